The number of halogens is 4. The van der Waals surface area contributed by atoms with Gasteiger partial charge in [0.25, 0.3) is 16.8 Å². The number of ether oxygens (including phenoxy) is 1. The van der Waals surface area contributed by atoms with Crippen LogP contribution in [0.15, 0.2) is 39.9 Å². The molecule has 2 saturated carbocycles. The van der Waals surface area contributed by atoms with Gasteiger partial charge in [-0.1, -0.05) is 37.1 Å². The molecule has 56 heavy (non-hydrogen) atoms. The van der Waals surface area contributed by atoms with Crippen LogP contribution in [0.1, 0.15) is 68.9 Å². The van der Waals surface area contributed by atoms with E-state index in [1.807, 2.05) is 11.4 Å². The fourth-order valence-corrected chi connectivity index (χ4v) is 9.00. The van der Waals surface area contributed by atoms with E-state index in [4.69, 9.17) is 4.74 Å². The summed E-state index contributed by atoms with van der Waals surface area (Å²) < 4.78 is 86.8. The number of benzene rings is 1. The second-order valence-corrected chi connectivity index (χ2v) is 17.0. The van der Waals surface area contributed by atoms with Gasteiger partial charge >= 0.3 is 12.3 Å². The highest BCUT2D eigenvalue weighted by Gasteiger charge is 2.62. The van der Waals surface area contributed by atoms with Gasteiger partial charge in [0.1, 0.15) is 47.5 Å². The van der Waals surface area contributed by atoms with Crippen molar-refractivity contribution < 1.29 is 49.9 Å². The topological polar surface area (TPSA) is 200 Å². The largest absolute Gasteiger partial charge is 0.444 e. The summed E-state index contributed by atoms with van der Waals surface area (Å²) in [5.41, 5.74) is -4.28. The lowest BCUT2D eigenvalue weighted by Gasteiger charge is -2.30. The summed E-state index contributed by atoms with van der Waals surface area (Å²) in [6.45, 7) is -2.03. The zero-order valence-electron chi connectivity index (χ0n) is 30.0. The van der Waals surface area contributed by atoms with Crippen molar-refractivity contribution in [3.8, 4) is 0 Å². The molecule has 0 aromatic heterocycles. The number of amides is 4. The Morgan fingerprint density at radius 3 is 2.46 bits per heavy atom. The normalized spacial score (nSPS) is 27.6. The van der Waals surface area contributed by atoms with Crippen LogP contribution >= 0.6 is 0 Å². The molecule has 2 aliphatic carbocycles. The lowest BCUT2D eigenvalue weighted by Crippen LogP contribution is -2.57. The number of rotatable bonds is 8. The van der Waals surface area contributed by atoms with E-state index in [0.29, 0.717) is 49.7 Å². The molecule has 4 N–H and O–H groups in total. The van der Waals surface area contributed by atoms with Crippen LogP contribution in [0.5, 0.6) is 0 Å². The van der Waals surface area contributed by atoms with Gasteiger partial charge in [0.05, 0.1) is 18.3 Å². The van der Waals surface area contributed by atoms with E-state index in [9.17, 15) is 54.7 Å². The number of alkyl halides is 3. The van der Waals surface area contributed by atoms with Gasteiger partial charge in [-0.25, -0.2) is 17.6 Å². The number of sulfonamides is 1. The first-order chi connectivity index (χ1) is 26.5. The van der Waals surface area contributed by atoms with Gasteiger partial charge in [0.15, 0.2) is 0 Å². The van der Waals surface area contributed by atoms with Crippen molar-refractivity contribution >= 4 is 45.2 Å². The van der Waals surface area contributed by atoms with Crippen molar-refractivity contribution in [2.45, 2.75) is 106 Å². The van der Waals surface area contributed by atoms with Crippen LogP contribution in [0.3, 0.4) is 0 Å². The highest BCUT2D eigenvalue weighted by molar-refractivity contribution is 7.91. The predicted octanol–water partition coefficient (Wildman–Crippen LogP) is 2.30. The van der Waals surface area contributed by atoms with Gasteiger partial charge in [0.2, 0.25) is 21.8 Å². The summed E-state index contributed by atoms with van der Waals surface area (Å²) in [6, 6.07) is 1.69. The minimum Gasteiger partial charge on any atom is -0.444 e. The Labute approximate surface area is 317 Å². The lowest BCUT2D eigenvalue weighted by atomic mass is 10.0. The molecule has 2 aromatic carbocycles. The lowest BCUT2D eigenvalue weighted by molar-refractivity contribution is -0.140. The van der Waals surface area contributed by atoms with Crippen molar-refractivity contribution in [3.63, 3.8) is 0 Å². The monoisotopic (exact) mass is 808 g/mol. The molecular weight excluding hydrogens is 768 g/mol. The van der Waals surface area contributed by atoms with Gasteiger partial charge in [-0.3, -0.25) is 33.6 Å². The molecule has 20 heteroatoms. The molecule has 3 aliphatic heterocycles. The van der Waals surface area contributed by atoms with Gasteiger partial charge in [0, 0.05) is 24.4 Å². The Balaban J connectivity index is 1.16. The molecule has 302 valence electrons. The number of nitrogens with zero attached hydrogens (tertiary/aromatic N) is 2. The summed E-state index contributed by atoms with van der Waals surface area (Å²) in [5, 5.41) is 6.53. The first-order valence-electron chi connectivity index (χ1n) is 18.4. The van der Waals surface area contributed by atoms with Crippen LogP contribution in [0.2, 0.25) is 0 Å². The molecule has 15 nitrogen and oxygen atoms in total. The van der Waals surface area contributed by atoms with E-state index >= 15 is 0 Å². The second kappa shape index (κ2) is 14.8. The third kappa shape index (κ3) is 7.97. The molecule has 0 spiro atoms. The molecular formula is C36H40F4N6O9S. The number of carbonyl (C=O) groups excluding carboxylic acids is 4. The molecule has 5 atom stereocenters. The maximum atomic E-state index is 14.4. The average Bonchev–Trinajstić information content (AvgIpc) is 4.02. The maximum Gasteiger partial charge on any atom is 0.410 e. The van der Waals surface area contributed by atoms with Crippen LogP contribution in [0.25, 0.3) is 0 Å². The predicted molar refractivity (Wildman–Crippen MR) is 191 cm³/mol. The first-order valence-corrected chi connectivity index (χ1v) is 20.0. The van der Waals surface area contributed by atoms with Crippen LogP contribution in [-0.4, -0.2) is 90.3 Å². The molecule has 3 heterocycles. The van der Waals surface area contributed by atoms with Crippen molar-refractivity contribution in [1.82, 2.24) is 19.8 Å². The standard InChI is InChI=1S/C36H40F4N6O9S/c37-24-9-6-7-19-15-45(17-23(19)24)34(52)55-21-13-26-31(49)43-35(33(51)44-56(53,54)22-11-12-22)14-20(35)8-4-2-1-3-5-10-25(32(50)46(26)16-21)42-28-27(29(47)30(28)48)41-18-36(38,39)40/h4,6-9,20-22,25-26,41-42H,1-3,5,10-18H2,(H,43,49)(H,44,51)/b8-4-/t20-,21-,25+,26+,35-/m1/s1. The van der Waals surface area contributed by atoms with E-state index in [1.165, 1.54) is 17.0 Å². The van der Waals surface area contributed by atoms with Gasteiger partial charge in [-0.05, 0) is 50.2 Å². The minimum absolute atomic E-state index is 0.0287. The molecule has 0 unspecified atom stereocenters. The molecule has 3 fully saturated rings. The molecule has 0 radical (unpaired) electrons. The number of allylic oxidation sites excluding steroid dienone is 1. The summed E-state index contributed by atoms with van der Waals surface area (Å²) >= 11 is 0. The van der Waals surface area contributed by atoms with Gasteiger partial charge < -0.3 is 25.6 Å². The molecule has 7 rings (SSSR count). The fraction of sp³-hybridized carbons (Fsp3) is 0.556. The average molecular weight is 809 g/mol. The highest BCUT2D eigenvalue weighted by Crippen LogP contribution is 2.46. The molecule has 1 saturated heterocycles. The van der Waals surface area contributed by atoms with Crippen molar-refractivity contribution in [3.05, 3.63) is 67.7 Å². The number of fused-ring (bicyclic) bond motifs is 3. The van der Waals surface area contributed by atoms with E-state index < -0.39 is 110 Å². The highest BCUT2D eigenvalue weighted by atomic mass is 32.2. The van der Waals surface area contributed by atoms with Crippen LogP contribution in [-0.2, 0) is 42.2 Å². The smallest absolute Gasteiger partial charge is 0.410 e. The molecule has 2 aromatic rings. The number of carbonyl (C=O) groups is 4. The Morgan fingerprint density at radius 1 is 1.00 bits per heavy atom. The SMILES string of the molecule is O=C1N[C@]2(C(=O)NS(=O)(=O)C3CC3)C[C@H]2/C=C\CCCCC[C@H](Nc2c(NCC(F)(F)F)c(=O)c2=O)C(=O)N2C[C@H](OC(=O)N3Cc4cccc(F)c4C3)C[C@@H]12. The van der Waals surface area contributed by atoms with E-state index in [2.05, 4.69) is 15.4 Å². The van der Waals surface area contributed by atoms with Gasteiger partial charge in [-0.15, -0.1) is 0 Å². The Bertz CT molecular complexity index is 2150. The van der Waals surface area contributed by atoms with Gasteiger partial charge in [-0.2, -0.15) is 13.2 Å². The van der Waals surface area contributed by atoms with E-state index in [-0.39, 0.29) is 38.9 Å². The summed E-state index contributed by atoms with van der Waals surface area (Å²) in [6.07, 6.45) is -0.491. The zero-order chi connectivity index (χ0) is 40.2. The first kappa shape index (κ1) is 39.2. The Hall–Kier alpha value is -5.01. The Morgan fingerprint density at radius 2 is 1.75 bits per heavy atom. The van der Waals surface area contributed by atoms with E-state index in [1.54, 1.807) is 12.1 Å². The summed E-state index contributed by atoms with van der Waals surface area (Å²) in [7, 11) is -4.01. The second-order valence-electron chi connectivity index (χ2n) is 15.1. The van der Waals surface area contributed by atoms with Crippen LogP contribution in [0, 0.1) is 11.7 Å². The summed E-state index contributed by atoms with van der Waals surface area (Å²) in [4.78, 5) is 82.9. The van der Waals surface area contributed by atoms with Crippen molar-refractivity contribution in [2.75, 3.05) is 23.7 Å². The van der Waals surface area contributed by atoms with Crippen molar-refractivity contribution in [1.29, 1.82) is 0 Å². The minimum atomic E-state index is -4.73. The maximum absolute atomic E-state index is 14.4. The number of anilines is 2. The summed E-state index contributed by atoms with van der Waals surface area (Å²) in [5.74, 6) is -3.68. The quantitative estimate of drug-likeness (QED) is 0.173. The van der Waals surface area contributed by atoms with E-state index in [0.717, 1.165) is 4.90 Å². The Kier molecular flexibility index (Phi) is 10.4. The van der Waals surface area contributed by atoms with Crippen molar-refractivity contribution in [2.24, 2.45) is 5.92 Å². The number of hydrogen-bond donors (Lipinski definition) is 4. The molecule has 4 amide bonds. The third-order valence-corrected chi connectivity index (χ3v) is 12.8. The molecule has 5 aliphatic rings. The molecule has 0 bridgehead atoms. The number of nitrogens with one attached hydrogen (secondary N) is 4. The number of hydrogen-bond acceptors (Lipinski definition) is 11. The zero-order valence-corrected chi connectivity index (χ0v) is 30.8. The third-order valence-electron chi connectivity index (χ3n) is 11.0. The fourth-order valence-electron chi connectivity index (χ4n) is 7.64. The van der Waals surface area contributed by atoms with Crippen LogP contribution < -0.4 is 31.5 Å². The van der Waals surface area contributed by atoms with Crippen LogP contribution in [0.4, 0.5) is 33.7 Å².